The summed E-state index contributed by atoms with van der Waals surface area (Å²) in [5.41, 5.74) is -0.110. The van der Waals surface area contributed by atoms with Crippen LogP contribution in [0.4, 0.5) is 0 Å². The second kappa shape index (κ2) is 8.25. The number of carbonyl (C=O) groups is 1. The minimum absolute atomic E-state index is 0.0142. The number of aromatic carboxylic acids is 1. The average molecular weight is 426 g/mol. The first-order valence-electron chi connectivity index (χ1n) is 6.71. The topological polar surface area (TPSA) is 89.9 Å². The molecule has 2 rings (SSSR count). The summed E-state index contributed by atoms with van der Waals surface area (Å²) in [6, 6.07) is 8.16. The summed E-state index contributed by atoms with van der Waals surface area (Å²) in [6.45, 7) is -0.339. The van der Waals surface area contributed by atoms with Gasteiger partial charge in [0.25, 0.3) is 0 Å². The number of para-hydroxylation sites is 1. The van der Waals surface area contributed by atoms with Crippen molar-refractivity contribution >= 4 is 50.6 Å². The molecule has 25 heavy (non-hydrogen) atoms. The highest BCUT2D eigenvalue weighted by Crippen LogP contribution is 2.33. The van der Waals surface area contributed by atoms with E-state index < -0.39 is 21.6 Å². The van der Waals surface area contributed by atoms with Crippen molar-refractivity contribution in [2.75, 3.05) is 12.4 Å². The van der Waals surface area contributed by atoms with Crippen molar-refractivity contribution in [2.24, 2.45) is 0 Å². The highest BCUT2D eigenvalue weighted by atomic mass is 35.5. The number of sulfone groups is 1. The number of halogens is 3. The van der Waals surface area contributed by atoms with Crippen LogP contribution < -0.4 is 4.89 Å². The Kier molecular flexibility index (Phi) is 6.53. The van der Waals surface area contributed by atoms with Crippen LogP contribution >= 0.6 is 34.8 Å². The van der Waals surface area contributed by atoms with Crippen LogP contribution in [0.5, 0.6) is 5.75 Å². The van der Waals surface area contributed by atoms with Gasteiger partial charge < -0.3 is 9.99 Å². The van der Waals surface area contributed by atoms with Crippen molar-refractivity contribution in [3.8, 4) is 5.75 Å². The van der Waals surface area contributed by atoms with Gasteiger partial charge in [0.05, 0.1) is 25.7 Å². The summed E-state index contributed by atoms with van der Waals surface area (Å²) in [5.74, 6) is -1.67. The van der Waals surface area contributed by atoms with Crippen molar-refractivity contribution < 1.29 is 28.1 Å². The Hall–Kier alpha value is -1.51. The lowest BCUT2D eigenvalue weighted by Gasteiger charge is -2.09. The molecule has 0 aromatic heterocycles. The van der Waals surface area contributed by atoms with E-state index in [9.17, 15) is 13.2 Å². The molecule has 6 nitrogen and oxygen atoms in total. The molecule has 0 spiro atoms. The molecule has 2 aromatic rings. The standard InChI is InChI=1S/C15H11Cl3O6S/c16-11-7-9(8-12(17)14(11)18)25(21,22)6-5-23-24-13-4-2-1-3-10(13)15(19)20/h1-4,7-8H,5-6H2,(H,19,20). The van der Waals surface area contributed by atoms with Crippen molar-refractivity contribution in [1.82, 2.24) is 0 Å². The molecule has 0 fully saturated rings. The second-order valence-electron chi connectivity index (χ2n) is 4.73. The highest BCUT2D eigenvalue weighted by molar-refractivity contribution is 7.91. The van der Waals surface area contributed by atoms with E-state index in [1.54, 1.807) is 6.07 Å². The van der Waals surface area contributed by atoms with Gasteiger partial charge in [-0.3, -0.25) is 0 Å². The molecule has 0 saturated heterocycles. The predicted octanol–water partition coefficient (Wildman–Crippen LogP) is 4.13. The van der Waals surface area contributed by atoms with Crippen LogP contribution in [0.3, 0.4) is 0 Å². The Bertz CT molecular complexity index is 875. The monoisotopic (exact) mass is 424 g/mol. The first-order valence-corrected chi connectivity index (χ1v) is 9.50. The zero-order valence-corrected chi connectivity index (χ0v) is 15.5. The van der Waals surface area contributed by atoms with Crippen molar-refractivity contribution in [3.05, 3.63) is 57.0 Å². The van der Waals surface area contributed by atoms with E-state index in [0.29, 0.717) is 0 Å². The maximum atomic E-state index is 12.2. The number of hydrogen-bond donors (Lipinski definition) is 1. The Morgan fingerprint density at radius 3 is 2.28 bits per heavy atom. The SMILES string of the molecule is O=C(O)c1ccccc1OOCCS(=O)(=O)c1cc(Cl)c(Cl)c(Cl)c1. The lowest BCUT2D eigenvalue weighted by atomic mass is 10.2. The Morgan fingerprint density at radius 1 is 1.08 bits per heavy atom. The Balaban J connectivity index is 2.01. The van der Waals surface area contributed by atoms with Crippen LogP contribution in [-0.4, -0.2) is 31.9 Å². The van der Waals surface area contributed by atoms with Gasteiger partial charge in [-0.2, -0.15) is 4.89 Å². The second-order valence-corrected chi connectivity index (χ2v) is 8.03. The van der Waals surface area contributed by atoms with Crippen molar-refractivity contribution in [1.29, 1.82) is 0 Å². The normalized spacial score (nSPS) is 11.3. The van der Waals surface area contributed by atoms with Gasteiger partial charge in [0.2, 0.25) is 0 Å². The zero-order valence-electron chi connectivity index (χ0n) is 12.4. The summed E-state index contributed by atoms with van der Waals surface area (Å²) in [6.07, 6.45) is 0. The summed E-state index contributed by atoms with van der Waals surface area (Å²) >= 11 is 17.4. The van der Waals surface area contributed by atoms with E-state index in [-0.39, 0.29) is 37.9 Å². The number of benzene rings is 2. The predicted molar refractivity (Wildman–Crippen MR) is 93.5 cm³/mol. The average Bonchev–Trinajstić information content (AvgIpc) is 2.56. The van der Waals surface area contributed by atoms with Gasteiger partial charge in [-0.05, 0) is 24.3 Å². The summed E-state index contributed by atoms with van der Waals surface area (Å²) in [7, 11) is -3.75. The molecule has 134 valence electrons. The van der Waals surface area contributed by atoms with E-state index >= 15 is 0 Å². The minimum atomic E-state index is -3.75. The fourth-order valence-corrected chi connectivity index (χ4v) is 3.64. The molecule has 0 atom stereocenters. The van der Waals surface area contributed by atoms with Gasteiger partial charge >= 0.3 is 5.97 Å². The minimum Gasteiger partial charge on any atom is -0.478 e. The maximum absolute atomic E-state index is 12.2. The smallest absolute Gasteiger partial charge is 0.339 e. The Labute approximate surface area is 158 Å². The fourth-order valence-electron chi connectivity index (χ4n) is 1.79. The van der Waals surface area contributed by atoms with E-state index in [1.165, 1.54) is 30.3 Å². The lowest BCUT2D eigenvalue weighted by molar-refractivity contribution is -0.201. The molecule has 10 heteroatoms. The molecule has 2 aromatic carbocycles. The number of rotatable bonds is 7. The van der Waals surface area contributed by atoms with Gasteiger partial charge in [0.15, 0.2) is 15.6 Å². The van der Waals surface area contributed by atoms with Gasteiger partial charge in [-0.1, -0.05) is 46.9 Å². The molecule has 0 aliphatic carbocycles. The quantitative estimate of drug-likeness (QED) is 0.310. The van der Waals surface area contributed by atoms with Gasteiger partial charge in [-0.15, -0.1) is 0 Å². The maximum Gasteiger partial charge on any atom is 0.339 e. The summed E-state index contributed by atoms with van der Waals surface area (Å²) < 4.78 is 24.5. The van der Waals surface area contributed by atoms with Crippen LogP contribution in [0, 0.1) is 0 Å². The van der Waals surface area contributed by atoms with Crippen LogP contribution in [0.25, 0.3) is 0 Å². The lowest BCUT2D eigenvalue weighted by Crippen LogP contribution is -2.14. The van der Waals surface area contributed by atoms with Gasteiger partial charge in [0.1, 0.15) is 12.2 Å². The van der Waals surface area contributed by atoms with Crippen molar-refractivity contribution in [2.45, 2.75) is 4.90 Å². The molecule has 0 saturated carbocycles. The van der Waals surface area contributed by atoms with Crippen LogP contribution in [0.15, 0.2) is 41.3 Å². The van der Waals surface area contributed by atoms with E-state index in [0.717, 1.165) is 0 Å². The molecular weight excluding hydrogens is 415 g/mol. The third kappa shape index (κ3) is 4.99. The summed E-state index contributed by atoms with van der Waals surface area (Å²) in [5, 5.41) is 9.10. The van der Waals surface area contributed by atoms with Crippen LogP contribution in [0.2, 0.25) is 15.1 Å². The molecule has 0 unspecified atom stereocenters. The molecule has 1 N–H and O–H groups in total. The number of carboxylic acid groups (broad SMARTS) is 1. The summed E-state index contributed by atoms with van der Waals surface area (Å²) in [4.78, 5) is 20.6. The Morgan fingerprint density at radius 2 is 1.68 bits per heavy atom. The molecule has 0 amide bonds. The van der Waals surface area contributed by atoms with Gasteiger partial charge in [0, 0.05) is 0 Å². The number of carboxylic acids is 1. The van der Waals surface area contributed by atoms with Crippen LogP contribution in [-0.2, 0) is 14.7 Å². The van der Waals surface area contributed by atoms with E-state index in [4.69, 9.17) is 49.7 Å². The zero-order chi connectivity index (χ0) is 18.6. The molecular formula is C15H11Cl3O6S. The van der Waals surface area contributed by atoms with E-state index in [1.807, 2.05) is 0 Å². The first-order chi connectivity index (χ1) is 11.7. The molecule has 0 radical (unpaired) electrons. The molecule has 0 aliphatic rings. The molecule has 0 aliphatic heterocycles. The molecule has 0 bridgehead atoms. The van der Waals surface area contributed by atoms with Crippen LogP contribution in [0.1, 0.15) is 10.4 Å². The third-order valence-corrected chi connectivity index (χ3v) is 5.87. The number of hydrogen-bond acceptors (Lipinski definition) is 5. The highest BCUT2D eigenvalue weighted by Gasteiger charge is 2.19. The first kappa shape index (κ1) is 19.8. The van der Waals surface area contributed by atoms with E-state index in [2.05, 4.69) is 0 Å². The fraction of sp³-hybridized carbons (Fsp3) is 0.133. The van der Waals surface area contributed by atoms with Gasteiger partial charge in [-0.25, -0.2) is 13.2 Å². The largest absolute Gasteiger partial charge is 0.478 e. The van der Waals surface area contributed by atoms with Crippen molar-refractivity contribution in [3.63, 3.8) is 0 Å². The third-order valence-electron chi connectivity index (χ3n) is 3.02. The molecule has 0 heterocycles.